The molecule has 37 heavy (non-hydrogen) atoms. The summed E-state index contributed by atoms with van der Waals surface area (Å²) in [7, 11) is 1.64. The maximum absolute atomic E-state index is 13.4. The van der Waals surface area contributed by atoms with Gasteiger partial charge < -0.3 is 23.8 Å². The van der Waals surface area contributed by atoms with Crippen LogP contribution in [0, 0.1) is 6.92 Å². The first-order valence-electron chi connectivity index (χ1n) is 12.8. The zero-order valence-electron chi connectivity index (χ0n) is 21.6. The normalized spacial score (nSPS) is 14.2. The van der Waals surface area contributed by atoms with Crippen molar-refractivity contribution in [2.45, 2.75) is 20.4 Å². The molecule has 3 aromatic carbocycles. The number of aryl methyl sites for hydroxylation is 1. The number of ether oxygens (including phenoxy) is 2. The number of carbonyl (C=O) groups excluding carboxylic acids is 1. The van der Waals surface area contributed by atoms with Crippen LogP contribution in [-0.4, -0.2) is 50.4 Å². The summed E-state index contributed by atoms with van der Waals surface area (Å²) in [6, 6.07) is 22.8. The summed E-state index contributed by atoms with van der Waals surface area (Å²) in [5, 5.41) is 0.843. The number of quaternary nitrogens is 1. The number of nitrogens with zero attached hydrogens (tertiary/aromatic N) is 2. The van der Waals surface area contributed by atoms with Crippen molar-refractivity contribution >= 4 is 38.5 Å². The Morgan fingerprint density at radius 3 is 2.41 bits per heavy atom. The smallest absolute Gasteiger partial charge is 0.340 e. The third kappa shape index (κ3) is 4.98. The SMILES string of the molecule is CCOC(=O)c1c(C[NH+]2CCN(c3ccccc3C)CC2)n(-c2ccccc2)c2cc(Br)c(OC)cc12. The number of piperazine rings is 1. The number of para-hydroxylation sites is 2. The van der Waals surface area contributed by atoms with Crippen LogP contribution in [0.15, 0.2) is 71.2 Å². The van der Waals surface area contributed by atoms with Crippen LogP contribution in [0.5, 0.6) is 5.75 Å². The fourth-order valence-electron chi connectivity index (χ4n) is 5.36. The fourth-order valence-corrected chi connectivity index (χ4v) is 5.86. The van der Waals surface area contributed by atoms with Gasteiger partial charge in [-0.1, -0.05) is 36.4 Å². The van der Waals surface area contributed by atoms with E-state index in [1.807, 2.05) is 37.3 Å². The minimum Gasteiger partial charge on any atom is -0.496 e. The van der Waals surface area contributed by atoms with Crippen molar-refractivity contribution < 1.29 is 19.2 Å². The predicted octanol–water partition coefficient (Wildman–Crippen LogP) is 4.79. The maximum Gasteiger partial charge on any atom is 0.340 e. The number of rotatable bonds is 7. The standard InChI is InChI=1S/C30H32BrN3O3/c1-4-37-30(35)29-23-18-28(36-3)24(31)19-26(23)34(22-11-6-5-7-12-22)27(29)20-32-14-16-33(17-15-32)25-13-9-8-10-21(25)2/h5-13,18-19H,4,14-17,20H2,1-3H3/p+1. The van der Waals surface area contributed by atoms with E-state index in [-0.39, 0.29) is 5.97 Å². The number of halogens is 1. The van der Waals surface area contributed by atoms with Gasteiger partial charge in [0.15, 0.2) is 0 Å². The molecule has 4 aromatic rings. The Hall–Kier alpha value is -3.29. The highest BCUT2D eigenvalue weighted by Crippen LogP contribution is 2.37. The van der Waals surface area contributed by atoms with E-state index in [1.54, 1.807) is 7.11 Å². The van der Waals surface area contributed by atoms with Crippen LogP contribution in [0.4, 0.5) is 5.69 Å². The van der Waals surface area contributed by atoms with Crippen LogP contribution < -0.4 is 14.5 Å². The van der Waals surface area contributed by atoms with E-state index < -0.39 is 0 Å². The van der Waals surface area contributed by atoms with Crippen molar-refractivity contribution in [2.75, 3.05) is 44.8 Å². The molecular weight excluding hydrogens is 530 g/mol. The monoisotopic (exact) mass is 562 g/mol. The van der Waals surface area contributed by atoms with Crippen LogP contribution in [0.3, 0.4) is 0 Å². The fraction of sp³-hybridized carbons (Fsp3) is 0.300. The van der Waals surface area contributed by atoms with Crippen molar-refractivity contribution in [3.63, 3.8) is 0 Å². The number of benzene rings is 3. The Morgan fingerprint density at radius 2 is 1.73 bits per heavy atom. The molecule has 1 aromatic heterocycles. The van der Waals surface area contributed by atoms with Crippen LogP contribution in [0.25, 0.3) is 16.6 Å². The van der Waals surface area contributed by atoms with Gasteiger partial charge in [0, 0.05) is 16.8 Å². The molecule has 0 saturated carbocycles. The molecule has 0 atom stereocenters. The molecule has 0 unspecified atom stereocenters. The lowest BCUT2D eigenvalue weighted by molar-refractivity contribution is -0.914. The summed E-state index contributed by atoms with van der Waals surface area (Å²) in [6.07, 6.45) is 0. The summed E-state index contributed by atoms with van der Waals surface area (Å²) in [5.41, 5.74) is 6.19. The number of hydrogen-bond acceptors (Lipinski definition) is 4. The Morgan fingerprint density at radius 1 is 1.03 bits per heavy atom. The number of esters is 1. The van der Waals surface area contributed by atoms with E-state index in [1.165, 1.54) is 16.2 Å². The van der Waals surface area contributed by atoms with Gasteiger partial charge in [-0.3, -0.25) is 0 Å². The number of anilines is 1. The van der Waals surface area contributed by atoms with Gasteiger partial charge in [-0.05, 0) is 65.7 Å². The number of nitrogens with one attached hydrogen (secondary N) is 1. The van der Waals surface area contributed by atoms with Gasteiger partial charge in [-0.25, -0.2) is 4.79 Å². The molecule has 1 saturated heterocycles. The molecule has 6 nitrogen and oxygen atoms in total. The number of methoxy groups -OCH3 is 1. The molecule has 0 aliphatic carbocycles. The second kappa shape index (κ2) is 11.0. The molecule has 0 radical (unpaired) electrons. The summed E-state index contributed by atoms with van der Waals surface area (Å²) in [6.45, 7) is 8.98. The molecule has 192 valence electrons. The lowest BCUT2D eigenvalue weighted by Gasteiger charge is -2.34. The van der Waals surface area contributed by atoms with Gasteiger partial charge in [-0.2, -0.15) is 0 Å². The zero-order chi connectivity index (χ0) is 25.9. The van der Waals surface area contributed by atoms with Crippen molar-refractivity contribution in [1.29, 1.82) is 0 Å². The topological polar surface area (TPSA) is 48.1 Å². The Labute approximate surface area is 226 Å². The molecule has 2 heterocycles. The maximum atomic E-state index is 13.4. The largest absolute Gasteiger partial charge is 0.496 e. The third-order valence-electron chi connectivity index (χ3n) is 7.18. The second-order valence-electron chi connectivity index (χ2n) is 9.42. The van der Waals surface area contributed by atoms with Crippen molar-refractivity contribution in [1.82, 2.24) is 4.57 Å². The number of fused-ring (bicyclic) bond motifs is 1. The third-order valence-corrected chi connectivity index (χ3v) is 7.80. The van der Waals surface area contributed by atoms with Gasteiger partial charge in [0.25, 0.3) is 0 Å². The minimum atomic E-state index is -0.292. The summed E-state index contributed by atoms with van der Waals surface area (Å²) >= 11 is 3.65. The van der Waals surface area contributed by atoms with Crippen molar-refractivity contribution in [3.05, 3.63) is 88.0 Å². The molecule has 7 heteroatoms. The minimum absolute atomic E-state index is 0.292. The number of aromatic nitrogens is 1. The van der Waals surface area contributed by atoms with Gasteiger partial charge in [0.2, 0.25) is 0 Å². The van der Waals surface area contributed by atoms with Crippen LogP contribution in [0.2, 0.25) is 0 Å². The average molecular weight is 564 g/mol. The molecule has 1 aliphatic heterocycles. The first-order chi connectivity index (χ1) is 18.0. The highest BCUT2D eigenvalue weighted by Gasteiger charge is 2.30. The van der Waals surface area contributed by atoms with E-state index >= 15 is 0 Å². The molecule has 0 bridgehead atoms. The second-order valence-corrected chi connectivity index (χ2v) is 10.3. The van der Waals surface area contributed by atoms with E-state index in [4.69, 9.17) is 9.47 Å². The number of hydrogen-bond donors (Lipinski definition) is 1. The molecule has 1 fully saturated rings. The van der Waals surface area contributed by atoms with Gasteiger partial charge in [0.05, 0.1) is 61.1 Å². The molecule has 1 N–H and O–H groups in total. The van der Waals surface area contributed by atoms with E-state index in [0.717, 1.165) is 59.5 Å². The van der Waals surface area contributed by atoms with Crippen molar-refractivity contribution in [2.24, 2.45) is 0 Å². The zero-order valence-corrected chi connectivity index (χ0v) is 23.2. The van der Waals surface area contributed by atoms with E-state index in [0.29, 0.717) is 17.9 Å². The molecule has 5 rings (SSSR count). The highest BCUT2D eigenvalue weighted by molar-refractivity contribution is 9.10. The van der Waals surface area contributed by atoms with Crippen molar-refractivity contribution in [3.8, 4) is 11.4 Å². The summed E-state index contributed by atoms with van der Waals surface area (Å²) < 4.78 is 14.2. The van der Waals surface area contributed by atoms with Gasteiger partial charge >= 0.3 is 5.97 Å². The van der Waals surface area contributed by atoms with Gasteiger partial charge in [-0.15, -0.1) is 0 Å². The van der Waals surface area contributed by atoms with Crippen LogP contribution in [0.1, 0.15) is 28.5 Å². The number of carbonyl (C=O) groups is 1. The quantitative estimate of drug-likeness (QED) is 0.329. The Kier molecular flexibility index (Phi) is 7.53. The predicted molar refractivity (Wildman–Crippen MR) is 151 cm³/mol. The molecule has 0 amide bonds. The van der Waals surface area contributed by atoms with Crippen LogP contribution in [-0.2, 0) is 11.3 Å². The lowest BCUT2D eigenvalue weighted by atomic mass is 10.1. The molecule has 0 spiro atoms. The van der Waals surface area contributed by atoms with Gasteiger partial charge in [0.1, 0.15) is 12.3 Å². The lowest BCUT2D eigenvalue weighted by Crippen LogP contribution is -3.13. The highest BCUT2D eigenvalue weighted by atomic mass is 79.9. The molecular formula is C30H33BrN3O3+. The summed E-state index contributed by atoms with van der Waals surface area (Å²) in [4.78, 5) is 17.3. The van der Waals surface area contributed by atoms with E-state index in [2.05, 4.69) is 68.7 Å². The first kappa shape index (κ1) is 25.4. The first-order valence-corrected chi connectivity index (χ1v) is 13.6. The Balaban J connectivity index is 1.57. The van der Waals surface area contributed by atoms with Crippen LogP contribution >= 0.6 is 15.9 Å². The Bertz CT molecular complexity index is 1410. The molecule has 1 aliphatic rings. The summed E-state index contributed by atoms with van der Waals surface area (Å²) in [5.74, 6) is 0.397. The average Bonchev–Trinajstić information content (AvgIpc) is 3.22. The van der Waals surface area contributed by atoms with E-state index in [9.17, 15) is 4.79 Å².